The van der Waals surface area contributed by atoms with Gasteiger partial charge in [-0.05, 0) is 30.7 Å². The van der Waals surface area contributed by atoms with Gasteiger partial charge < -0.3 is 0 Å². The quantitative estimate of drug-likeness (QED) is 0.736. The summed E-state index contributed by atoms with van der Waals surface area (Å²) in [5, 5.41) is 0. The van der Waals surface area contributed by atoms with Crippen LogP contribution < -0.4 is 5.43 Å². The molecule has 8 heteroatoms. The molecule has 1 amide bonds. The molecule has 0 aliphatic rings. The maximum absolute atomic E-state index is 12.7. The van der Waals surface area contributed by atoms with Gasteiger partial charge in [-0.15, -0.1) is 0 Å². The first-order valence-electron chi connectivity index (χ1n) is 7.19. The van der Waals surface area contributed by atoms with Gasteiger partial charge in [0, 0.05) is 22.0 Å². The third-order valence-electron chi connectivity index (χ3n) is 3.27. The van der Waals surface area contributed by atoms with E-state index in [4.69, 9.17) is 0 Å². The molecule has 0 fully saturated rings. The molecule has 24 heavy (non-hydrogen) atoms. The molecule has 1 aromatic carbocycles. The van der Waals surface area contributed by atoms with Crippen LogP contribution >= 0.6 is 15.9 Å². The Kier molecular flexibility index (Phi) is 5.61. The first kappa shape index (κ1) is 18.4. The Morgan fingerprint density at radius 3 is 2.50 bits per heavy atom. The Morgan fingerprint density at radius 2 is 1.92 bits per heavy atom. The number of aryl methyl sites for hydroxylation is 1. The zero-order valence-electron chi connectivity index (χ0n) is 13.2. The van der Waals surface area contributed by atoms with E-state index >= 15 is 0 Å². The van der Waals surface area contributed by atoms with E-state index in [9.17, 15) is 18.0 Å². The van der Waals surface area contributed by atoms with Gasteiger partial charge >= 0.3 is 0 Å². The van der Waals surface area contributed by atoms with Crippen molar-refractivity contribution in [2.75, 3.05) is 17.4 Å². The van der Waals surface area contributed by atoms with Crippen LogP contribution in [-0.4, -0.2) is 36.8 Å². The van der Waals surface area contributed by atoms with E-state index in [1.54, 1.807) is 36.4 Å². The number of benzene rings is 1. The molecule has 1 heterocycles. The van der Waals surface area contributed by atoms with E-state index in [0.717, 1.165) is 10.7 Å². The van der Waals surface area contributed by atoms with Gasteiger partial charge in [0.15, 0.2) is 9.84 Å². The normalized spacial score (nSPS) is 11.3. The fourth-order valence-electron chi connectivity index (χ4n) is 2.24. The van der Waals surface area contributed by atoms with E-state index in [1.807, 2.05) is 6.92 Å². The number of ketones is 1. The van der Waals surface area contributed by atoms with Gasteiger partial charge in [-0.1, -0.05) is 35.0 Å². The van der Waals surface area contributed by atoms with Crippen LogP contribution in [0.5, 0.6) is 0 Å². The minimum Gasteiger partial charge on any atom is -0.287 e. The Labute approximate surface area is 148 Å². The van der Waals surface area contributed by atoms with Crippen molar-refractivity contribution in [2.45, 2.75) is 13.3 Å². The molecule has 0 aliphatic heterocycles. The molecule has 0 spiro atoms. The molecule has 0 bridgehead atoms. The summed E-state index contributed by atoms with van der Waals surface area (Å²) in [6, 6.07) is 10.3. The van der Waals surface area contributed by atoms with Crippen molar-refractivity contribution < 1.29 is 18.0 Å². The van der Waals surface area contributed by atoms with Crippen LogP contribution in [0.1, 0.15) is 28.7 Å². The Morgan fingerprint density at radius 1 is 1.21 bits per heavy atom. The summed E-state index contributed by atoms with van der Waals surface area (Å²) in [5.74, 6) is -1.60. The number of hydrogen-bond donors (Lipinski definition) is 1. The van der Waals surface area contributed by atoms with Gasteiger partial charge in [0.2, 0.25) is 5.78 Å². The molecule has 2 rings (SSSR count). The third kappa shape index (κ3) is 4.55. The summed E-state index contributed by atoms with van der Waals surface area (Å²) in [6.45, 7) is 1.88. The molecule has 0 radical (unpaired) electrons. The average molecular weight is 413 g/mol. The molecule has 0 saturated heterocycles. The van der Waals surface area contributed by atoms with Crippen LogP contribution in [0.15, 0.2) is 40.9 Å². The number of carbonyl (C=O) groups is 2. The molecule has 6 nitrogen and oxygen atoms in total. The van der Waals surface area contributed by atoms with Crippen molar-refractivity contribution in [1.29, 1.82) is 0 Å². The SMILES string of the molecule is CCc1ccc(C(=O)c2cccc(Br)c2)n1NC(=O)CS(C)(=O)=O. The minimum absolute atomic E-state index is 0.268. The van der Waals surface area contributed by atoms with Crippen LogP contribution in [-0.2, 0) is 21.1 Å². The van der Waals surface area contributed by atoms with E-state index in [0.29, 0.717) is 17.7 Å². The maximum atomic E-state index is 12.7. The minimum atomic E-state index is -3.45. The van der Waals surface area contributed by atoms with Crippen molar-refractivity contribution in [3.05, 3.63) is 57.8 Å². The Bertz CT molecular complexity index is 887. The lowest BCUT2D eigenvalue weighted by Crippen LogP contribution is -2.32. The highest BCUT2D eigenvalue weighted by atomic mass is 79.9. The predicted molar refractivity (Wildman–Crippen MR) is 95.5 cm³/mol. The van der Waals surface area contributed by atoms with Gasteiger partial charge in [0.05, 0.1) is 0 Å². The number of nitrogens with one attached hydrogen (secondary N) is 1. The molecule has 0 unspecified atom stereocenters. The van der Waals surface area contributed by atoms with Crippen LogP contribution in [0.4, 0.5) is 0 Å². The average Bonchev–Trinajstić information content (AvgIpc) is 2.87. The van der Waals surface area contributed by atoms with E-state index in [1.165, 1.54) is 4.68 Å². The van der Waals surface area contributed by atoms with Gasteiger partial charge in [-0.25, -0.2) is 8.42 Å². The number of carbonyl (C=O) groups excluding carboxylic acids is 2. The Balaban J connectivity index is 2.36. The predicted octanol–water partition coefficient (Wildman–Crippen LogP) is 2.16. The fraction of sp³-hybridized carbons (Fsp3) is 0.250. The second-order valence-corrected chi connectivity index (χ2v) is 8.40. The summed E-state index contributed by atoms with van der Waals surface area (Å²) >= 11 is 3.32. The summed E-state index contributed by atoms with van der Waals surface area (Å²) in [4.78, 5) is 24.6. The van der Waals surface area contributed by atoms with Crippen molar-refractivity contribution in [2.24, 2.45) is 0 Å². The smallest absolute Gasteiger partial charge is 0.253 e. The second-order valence-electron chi connectivity index (χ2n) is 5.34. The topological polar surface area (TPSA) is 85.2 Å². The molecular weight excluding hydrogens is 396 g/mol. The van der Waals surface area contributed by atoms with Crippen molar-refractivity contribution >= 4 is 37.5 Å². The van der Waals surface area contributed by atoms with E-state index in [2.05, 4.69) is 21.4 Å². The number of hydrogen-bond acceptors (Lipinski definition) is 4. The molecule has 0 saturated carbocycles. The number of halogens is 1. The largest absolute Gasteiger partial charge is 0.287 e. The standard InChI is InChI=1S/C16H17BrN2O4S/c1-3-13-7-8-14(16(21)11-5-4-6-12(17)9-11)19(13)18-15(20)10-24(2,22)23/h4-9H,3,10H2,1-2H3,(H,18,20). The zero-order chi connectivity index (χ0) is 17.9. The lowest BCUT2D eigenvalue weighted by atomic mass is 10.1. The highest BCUT2D eigenvalue weighted by Gasteiger charge is 2.19. The van der Waals surface area contributed by atoms with E-state index < -0.39 is 21.5 Å². The molecular formula is C16H17BrN2O4S. The summed E-state index contributed by atoms with van der Waals surface area (Å²) in [6.07, 6.45) is 1.56. The molecule has 0 atom stereocenters. The van der Waals surface area contributed by atoms with Crippen molar-refractivity contribution in [1.82, 2.24) is 4.68 Å². The molecule has 1 N–H and O–H groups in total. The van der Waals surface area contributed by atoms with Crippen LogP contribution in [0, 0.1) is 0 Å². The summed E-state index contributed by atoms with van der Waals surface area (Å²) in [5.41, 5.74) is 3.93. The molecule has 1 aromatic heterocycles. The summed E-state index contributed by atoms with van der Waals surface area (Å²) in [7, 11) is -3.45. The maximum Gasteiger partial charge on any atom is 0.253 e. The van der Waals surface area contributed by atoms with Gasteiger partial charge in [-0.2, -0.15) is 0 Å². The van der Waals surface area contributed by atoms with Gasteiger partial charge in [0.25, 0.3) is 5.91 Å². The first-order valence-corrected chi connectivity index (χ1v) is 10.0. The number of aromatic nitrogens is 1. The number of nitrogens with zero attached hydrogens (tertiary/aromatic N) is 1. The third-order valence-corrected chi connectivity index (χ3v) is 4.55. The lowest BCUT2D eigenvalue weighted by Gasteiger charge is -2.13. The summed E-state index contributed by atoms with van der Waals surface area (Å²) < 4.78 is 24.6. The van der Waals surface area contributed by atoms with Crippen molar-refractivity contribution in [3.63, 3.8) is 0 Å². The fourth-order valence-corrected chi connectivity index (χ4v) is 3.18. The highest BCUT2D eigenvalue weighted by Crippen LogP contribution is 2.17. The molecule has 0 aliphatic carbocycles. The first-order chi connectivity index (χ1) is 11.2. The van der Waals surface area contributed by atoms with Crippen molar-refractivity contribution in [3.8, 4) is 0 Å². The van der Waals surface area contributed by atoms with Crippen LogP contribution in [0.2, 0.25) is 0 Å². The van der Waals surface area contributed by atoms with Gasteiger partial charge in [0.1, 0.15) is 11.4 Å². The highest BCUT2D eigenvalue weighted by molar-refractivity contribution is 9.10. The number of sulfone groups is 1. The zero-order valence-corrected chi connectivity index (χ0v) is 15.6. The second kappa shape index (κ2) is 7.31. The number of amides is 1. The van der Waals surface area contributed by atoms with Crippen LogP contribution in [0.3, 0.4) is 0 Å². The Hall–Kier alpha value is -1.93. The molecule has 2 aromatic rings. The lowest BCUT2D eigenvalue weighted by molar-refractivity contribution is -0.114. The van der Waals surface area contributed by atoms with E-state index in [-0.39, 0.29) is 11.5 Å². The van der Waals surface area contributed by atoms with Gasteiger partial charge in [-0.3, -0.25) is 19.7 Å². The van der Waals surface area contributed by atoms with Crippen LogP contribution in [0.25, 0.3) is 0 Å². The number of rotatable bonds is 6. The molecule has 128 valence electrons. The monoisotopic (exact) mass is 412 g/mol.